The van der Waals surface area contributed by atoms with E-state index in [1.54, 1.807) is 13.0 Å². The molecule has 0 aromatic carbocycles. The van der Waals surface area contributed by atoms with Crippen molar-refractivity contribution in [2.75, 3.05) is 6.61 Å². The van der Waals surface area contributed by atoms with Crippen LogP contribution in [0.3, 0.4) is 0 Å². The Morgan fingerprint density at radius 3 is 2.49 bits per heavy atom. The van der Waals surface area contributed by atoms with E-state index in [4.69, 9.17) is 0 Å². The van der Waals surface area contributed by atoms with Crippen LogP contribution < -0.4 is 0 Å². The molecule has 0 heterocycles. The molecule has 0 aromatic rings. The molecule has 0 aliphatic heterocycles. The topological polar surface area (TPSA) is 147 Å². The molecule has 3 saturated carbocycles. The van der Waals surface area contributed by atoms with Crippen LogP contribution in [-0.4, -0.2) is 57.1 Å². The maximum absolute atomic E-state index is 12.7. The van der Waals surface area contributed by atoms with E-state index >= 15 is 0 Å². The Labute approximate surface area is 204 Å². The number of carbonyl (C=O) groups excluding carboxylic acids is 4. The zero-order valence-corrected chi connectivity index (χ0v) is 20.6. The first kappa shape index (κ1) is 25.7. The van der Waals surface area contributed by atoms with Gasteiger partial charge in [0, 0.05) is 23.7 Å². The molecule has 0 amide bonds. The van der Waals surface area contributed by atoms with Crippen LogP contribution in [0.25, 0.3) is 0 Å². The summed E-state index contributed by atoms with van der Waals surface area (Å²) in [5.41, 5.74) is -2.13. The van der Waals surface area contributed by atoms with E-state index in [9.17, 15) is 34.5 Å². The number of fused-ring (bicyclic) bond motifs is 5. The van der Waals surface area contributed by atoms with Gasteiger partial charge in [-0.05, 0) is 68.6 Å². The highest BCUT2D eigenvalue weighted by atomic mass is 17.2. The summed E-state index contributed by atoms with van der Waals surface area (Å²) in [6.07, 6.45) is 4.23. The number of ketones is 2. The molecule has 192 valence electrons. The van der Waals surface area contributed by atoms with E-state index in [1.807, 2.05) is 13.8 Å². The Morgan fingerprint density at radius 1 is 1.17 bits per heavy atom. The lowest BCUT2D eigenvalue weighted by Gasteiger charge is -2.61. The summed E-state index contributed by atoms with van der Waals surface area (Å²) in [4.78, 5) is 58.1. The maximum atomic E-state index is 12.7. The first-order chi connectivity index (χ1) is 16.3. The zero-order chi connectivity index (χ0) is 25.9. The Hall–Kier alpha value is -2.36. The minimum Gasteiger partial charge on any atom is -0.393 e. The Balaban J connectivity index is 1.73. The van der Waals surface area contributed by atoms with Gasteiger partial charge < -0.3 is 15.3 Å². The van der Waals surface area contributed by atoms with E-state index in [2.05, 4.69) is 9.78 Å². The van der Waals surface area contributed by atoms with Gasteiger partial charge in [-0.2, -0.15) is 0 Å². The molecule has 9 nitrogen and oxygen atoms in total. The molecular weight excluding hydrogens is 456 g/mol. The van der Waals surface area contributed by atoms with Gasteiger partial charge in [0.1, 0.15) is 12.2 Å². The van der Waals surface area contributed by atoms with Gasteiger partial charge in [0.25, 0.3) is 0 Å². The minimum atomic E-state index is -1.71. The molecular formula is C26H34O9. The van der Waals surface area contributed by atoms with Gasteiger partial charge in [-0.1, -0.05) is 19.4 Å². The molecule has 3 fully saturated rings. The number of carbonyl (C=O) groups is 4. The molecule has 1 unspecified atom stereocenters. The second-order valence-corrected chi connectivity index (χ2v) is 11.1. The predicted octanol–water partition coefficient (Wildman–Crippen LogP) is 1.59. The third-order valence-corrected chi connectivity index (χ3v) is 9.57. The number of aliphatic hydroxyl groups is 3. The molecule has 35 heavy (non-hydrogen) atoms. The Kier molecular flexibility index (Phi) is 6.35. The highest BCUT2D eigenvalue weighted by Gasteiger charge is 2.68. The van der Waals surface area contributed by atoms with Crippen LogP contribution in [0.2, 0.25) is 0 Å². The number of hydrogen-bond donors (Lipinski definition) is 3. The number of allylic oxidation sites excluding steroid dienone is 3. The average Bonchev–Trinajstić information content (AvgIpc) is 3.07. The van der Waals surface area contributed by atoms with E-state index in [-0.39, 0.29) is 36.4 Å². The Morgan fingerprint density at radius 2 is 1.86 bits per heavy atom. The van der Waals surface area contributed by atoms with Crippen molar-refractivity contribution < 1.29 is 44.3 Å². The predicted molar refractivity (Wildman–Crippen MR) is 121 cm³/mol. The molecule has 4 aliphatic carbocycles. The Bertz CT molecular complexity index is 1030. The van der Waals surface area contributed by atoms with Crippen LogP contribution in [0, 0.1) is 34.5 Å². The second-order valence-electron chi connectivity index (χ2n) is 11.1. The van der Waals surface area contributed by atoms with Crippen molar-refractivity contribution in [3.8, 4) is 0 Å². The van der Waals surface area contributed by atoms with Gasteiger partial charge >= 0.3 is 11.9 Å². The summed E-state index contributed by atoms with van der Waals surface area (Å²) in [6.45, 7) is 5.68. The van der Waals surface area contributed by atoms with Crippen LogP contribution in [0.1, 0.15) is 59.8 Å². The molecule has 8 atom stereocenters. The third kappa shape index (κ3) is 3.62. The number of hydrogen-bond acceptors (Lipinski definition) is 9. The third-order valence-electron chi connectivity index (χ3n) is 9.57. The summed E-state index contributed by atoms with van der Waals surface area (Å²) in [7, 11) is 0. The number of Topliss-reactive ketones (excluding diaryl/α,β-unsaturated/α-hetero) is 1. The van der Waals surface area contributed by atoms with Crippen molar-refractivity contribution in [3.63, 3.8) is 0 Å². The lowest BCUT2D eigenvalue weighted by Crippen LogP contribution is -2.62. The summed E-state index contributed by atoms with van der Waals surface area (Å²) in [5, 5.41) is 32.5. The summed E-state index contributed by atoms with van der Waals surface area (Å²) in [6, 6.07) is 0. The summed E-state index contributed by atoms with van der Waals surface area (Å²) < 4.78 is 0. The first-order valence-corrected chi connectivity index (χ1v) is 12.2. The van der Waals surface area contributed by atoms with E-state index in [0.717, 1.165) is 12.5 Å². The van der Waals surface area contributed by atoms with Crippen LogP contribution in [0.15, 0.2) is 23.3 Å². The quantitative estimate of drug-likeness (QED) is 0.395. The van der Waals surface area contributed by atoms with Crippen molar-refractivity contribution in [1.29, 1.82) is 0 Å². The van der Waals surface area contributed by atoms with Gasteiger partial charge in [-0.25, -0.2) is 19.4 Å². The van der Waals surface area contributed by atoms with Gasteiger partial charge in [0.15, 0.2) is 11.6 Å². The molecule has 0 aromatic heterocycles. The van der Waals surface area contributed by atoms with E-state index in [0.29, 0.717) is 24.8 Å². The van der Waals surface area contributed by atoms with Crippen molar-refractivity contribution in [3.05, 3.63) is 23.3 Å². The summed E-state index contributed by atoms with van der Waals surface area (Å²) in [5.74, 6) is -3.92. The van der Waals surface area contributed by atoms with Crippen molar-refractivity contribution in [1.82, 2.24) is 0 Å². The average molecular weight is 491 g/mol. The second kappa shape index (κ2) is 8.64. The maximum Gasteiger partial charge on any atom is 0.362 e. The summed E-state index contributed by atoms with van der Waals surface area (Å²) >= 11 is 0. The van der Waals surface area contributed by atoms with Gasteiger partial charge in [-0.3, -0.25) is 9.59 Å². The molecule has 0 radical (unpaired) electrons. The van der Waals surface area contributed by atoms with Crippen LogP contribution in [0.5, 0.6) is 0 Å². The van der Waals surface area contributed by atoms with Crippen molar-refractivity contribution >= 4 is 23.5 Å². The fourth-order valence-corrected chi connectivity index (χ4v) is 7.95. The lowest BCUT2D eigenvalue weighted by molar-refractivity contribution is -0.259. The highest BCUT2D eigenvalue weighted by molar-refractivity contribution is 6.03. The van der Waals surface area contributed by atoms with E-state index < -0.39 is 52.8 Å². The van der Waals surface area contributed by atoms with Crippen LogP contribution in [-0.2, 0) is 29.0 Å². The van der Waals surface area contributed by atoms with Gasteiger partial charge in [0.2, 0.25) is 0 Å². The monoisotopic (exact) mass is 490 g/mol. The smallest absolute Gasteiger partial charge is 0.362 e. The number of rotatable bonds is 4. The molecule has 3 N–H and O–H groups in total. The van der Waals surface area contributed by atoms with E-state index in [1.165, 1.54) is 6.08 Å². The minimum absolute atomic E-state index is 0.0836. The van der Waals surface area contributed by atoms with Crippen LogP contribution >= 0.6 is 0 Å². The molecule has 9 heteroatoms. The van der Waals surface area contributed by atoms with Crippen LogP contribution in [0.4, 0.5) is 0 Å². The molecule has 0 spiro atoms. The highest BCUT2D eigenvalue weighted by Crippen LogP contribution is 2.68. The first-order valence-electron chi connectivity index (χ1n) is 12.2. The molecule has 0 bridgehead atoms. The zero-order valence-electron chi connectivity index (χ0n) is 20.6. The number of aliphatic hydroxyl groups excluding tert-OH is 2. The van der Waals surface area contributed by atoms with Crippen molar-refractivity contribution in [2.45, 2.75) is 71.5 Å². The SMILES string of the molecule is CC(=O)OOC(=O)C(C)C1=CC(=O)C=C2CC[C@@H]3[C@H]([C@@H](O)C[C@@]4(C)[C@H]3CC[C@]4(O)C(=O)CO)[C@]21C. The molecule has 4 rings (SSSR count). The standard InChI is InChI=1S/C26H34O9/c1-13(23(32)35-34-14(2)28)19-10-16(29)9-15-5-6-17-18-7-8-26(33,21(31)12-27)24(18,3)11-20(30)22(17)25(15,19)4/h9-10,13,17-18,20,22,27,30,33H,5-8,11-12H2,1-4H3/t13?,17-,18-,20-,22+,24-,25+,26-/m0/s1. The fourth-order valence-electron chi connectivity index (χ4n) is 7.95. The normalized spacial score (nSPS) is 40.9. The molecule has 4 aliphatic rings. The van der Waals surface area contributed by atoms with Gasteiger partial charge in [0.05, 0.1) is 12.0 Å². The molecule has 0 saturated heterocycles. The fraction of sp³-hybridized carbons (Fsp3) is 0.692. The lowest BCUT2D eigenvalue weighted by atomic mass is 9.44. The van der Waals surface area contributed by atoms with Crippen molar-refractivity contribution in [2.24, 2.45) is 34.5 Å². The van der Waals surface area contributed by atoms with Gasteiger partial charge in [-0.15, -0.1) is 0 Å². The largest absolute Gasteiger partial charge is 0.393 e.